The van der Waals surface area contributed by atoms with E-state index in [0.717, 1.165) is 5.56 Å². The van der Waals surface area contributed by atoms with E-state index in [0.29, 0.717) is 16.8 Å². The predicted octanol–water partition coefficient (Wildman–Crippen LogP) is 3.28. The molecule has 2 rings (SSSR count). The van der Waals surface area contributed by atoms with E-state index in [1.165, 1.54) is 7.11 Å². The smallest absolute Gasteiger partial charge is 0.188 e. The van der Waals surface area contributed by atoms with E-state index in [1.807, 2.05) is 19.1 Å². The number of carbonyl (C=O) groups is 1. The molecule has 0 saturated carbocycles. The van der Waals surface area contributed by atoms with E-state index < -0.39 is 0 Å². The first-order chi connectivity index (χ1) is 10.1. The third kappa shape index (κ3) is 4.00. The molecule has 0 radical (unpaired) electrons. The molecular formula is C17H17NO3. The number of nitrogens with zero attached hydrogens (tertiary/aromatic N) is 1. The zero-order valence-corrected chi connectivity index (χ0v) is 12.0. The van der Waals surface area contributed by atoms with Gasteiger partial charge >= 0.3 is 0 Å². The summed E-state index contributed by atoms with van der Waals surface area (Å²) in [4.78, 5) is 15.9. The van der Waals surface area contributed by atoms with E-state index in [4.69, 9.17) is 4.74 Å². The van der Waals surface area contributed by atoms with Gasteiger partial charge in [-0.05, 0) is 43.3 Å². The van der Waals surface area contributed by atoms with Crippen LogP contribution >= 0.6 is 0 Å². The van der Waals surface area contributed by atoms with Gasteiger partial charge in [-0.1, -0.05) is 11.6 Å². The first-order valence-corrected chi connectivity index (χ1v) is 6.56. The summed E-state index contributed by atoms with van der Waals surface area (Å²) in [5.74, 6) is 0.126. The third-order valence-electron chi connectivity index (χ3n) is 3.00. The number of methoxy groups -OCH3 is 1. The van der Waals surface area contributed by atoms with Crippen LogP contribution in [0.5, 0.6) is 5.75 Å². The maximum atomic E-state index is 11.6. The number of aryl methyl sites for hydroxylation is 1. The molecule has 0 fully saturated rings. The lowest BCUT2D eigenvalue weighted by Gasteiger charge is -2.01. The molecule has 2 aromatic rings. The topological polar surface area (TPSA) is 58.9 Å². The summed E-state index contributed by atoms with van der Waals surface area (Å²) in [5.41, 5.74) is 3.02. The molecule has 0 aliphatic rings. The number of benzene rings is 2. The van der Waals surface area contributed by atoms with Crippen LogP contribution < -0.4 is 0 Å². The van der Waals surface area contributed by atoms with Crippen molar-refractivity contribution in [3.63, 3.8) is 0 Å². The summed E-state index contributed by atoms with van der Waals surface area (Å²) in [5, 5.41) is 9.74. The lowest BCUT2D eigenvalue weighted by atomic mass is 10.1. The second-order valence-corrected chi connectivity index (χ2v) is 4.72. The summed E-state index contributed by atoms with van der Waals surface area (Å²) in [6.45, 7) is 2.02. The second kappa shape index (κ2) is 6.81. The van der Waals surface area contributed by atoms with Gasteiger partial charge in [0.15, 0.2) is 5.78 Å². The van der Waals surface area contributed by atoms with E-state index >= 15 is 0 Å². The van der Waals surface area contributed by atoms with Crippen molar-refractivity contribution >= 4 is 17.7 Å². The Kier molecular flexibility index (Phi) is 4.85. The summed E-state index contributed by atoms with van der Waals surface area (Å²) >= 11 is 0. The summed E-state index contributed by atoms with van der Waals surface area (Å²) < 4.78 is 4.81. The number of Topliss-reactive ketones (excluding diaryl/α,β-unsaturated/α-hetero) is 1. The molecule has 21 heavy (non-hydrogen) atoms. The van der Waals surface area contributed by atoms with Gasteiger partial charge in [0.05, 0.1) is 5.69 Å². The minimum absolute atomic E-state index is 0.0654. The van der Waals surface area contributed by atoms with Gasteiger partial charge in [-0.15, -0.1) is 0 Å². The number of carbonyl (C=O) groups excluding carboxylic acids is 1. The fourth-order valence-electron chi connectivity index (χ4n) is 1.87. The van der Waals surface area contributed by atoms with Crippen LogP contribution in [0, 0.1) is 6.92 Å². The molecule has 0 unspecified atom stereocenters. The molecule has 4 nitrogen and oxygen atoms in total. The molecule has 0 aliphatic heterocycles. The van der Waals surface area contributed by atoms with Gasteiger partial charge in [0, 0.05) is 24.5 Å². The molecule has 108 valence electrons. The Labute approximate surface area is 123 Å². The monoisotopic (exact) mass is 283 g/mol. The number of aliphatic imine (C=N–C) groups is 1. The molecule has 0 aromatic heterocycles. The van der Waals surface area contributed by atoms with Crippen LogP contribution in [0.3, 0.4) is 0 Å². The normalized spacial score (nSPS) is 11.0. The van der Waals surface area contributed by atoms with Gasteiger partial charge in [-0.25, -0.2) is 0 Å². The Morgan fingerprint density at radius 2 is 1.95 bits per heavy atom. The molecule has 4 heteroatoms. The minimum atomic E-state index is -0.0654. The largest absolute Gasteiger partial charge is 0.507 e. The van der Waals surface area contributed by atoms with Crippen LogP contribution in [0.2, 0.25) is 0 Å². The number of aromatic hydroxyl groups is 1. The Morgan fingerprint density at radius 1 is 1.24 bits per heavy atom. The summed E-state index contributed by atoms with van der Waals surface area (Å²) in [6, 6.07) is 12.3. The average molecular weight is 283 g/mol. The zero-order chi connectivity index (χ0) is 15.2. The number of hydrogen-bond acceptors (Lipinski definition) is 4. The Hall–Kier alpha value is -2.46. The Morgan fingerprint density at radius 3 is 2.62 bits per heavy atom. The molecule has 0 atom stereocenters. The van der Waals surface area contributed by atoms with E-state index in [1.54, 1.807) is 36.5 Å². The van der Waals surface area contributed by atoms with Crippen molar-refractivity contribution in [2.45, 2.75) is 6.92 Å². The maximum absolute atomic E-state index is 11.6. The van der Waals surface area contributed by atoms with Crippen LogP contribution in [0.4, 0.5) is 5.69 Å². The molecule has 0 aliphatic carbocycles. The first-order valence-electron chi connectivity index (χ1n) is 6.56. The summed E-state index contributed by atoms with van der Waals surface area (Å²) in [7, 11) is 1.49. The van der Waals surface area contributed by atoms with Crippen molar-refractivity contribution in [1.82, 2.24) is 0 Å². The highest BCUT2D eigenvalue weighted by Crippen LogP contribution is 2.18. The standard InChI is InChI=1S/C17H17NO3/c1-12-3-8-16(19)14(9-12)10-18-15-6-4-13(5-7-15)17(20)11-21-2/h3-10,19H,11H2,1-2H3/b18-10+. The zero-order valence-electron chi connectivity index (χ0n) is 12.0. The van der Waals surface area contributed by atoms with Gasteiger partial charge in [0.2, 0.25) is 0 Å². The number of phenolic OH excluding ortho intramolecular Hbond substituents is 1. The van der Waals surface area contributed by atoms with Gasteiger partial charge in [0.25, 0.3) is 0 Å². The fourth-order valence-corrected chi connectivity index (χ4v) is 1.87. The van der Waals surface area contributed by atoms with E-state index in [-0.39, 0.29) is 18.1 Å². The van der Waals surface area contributed by atoms with Crippen molar-refractivity contribution in [2.24, 2.45) is 4.99 Å². The summed E-state index contributed by atoms with van der Waals surface area (Å²) in [6.07, 6.45) is 1.61. The average Bonchev–Trinajstić information content (AvgIpc) is 2.49. The number of ketones is 1. The molecule has 0 heterocycles. The van der Waals surface area contributed by atoms with Crippen LogP contribution in [0.15, 0.2) is 47.5 Å². The second-order valence-electron chi connectivity index (χ2n) is 4.72. The maximum Gasteiger partial charge on any atom is 0.188 e. The van der Waals surface area contributed by atoms with Gasteiger partial charge in [-0.2, -0.15) is 0 Å². The molecule has 0 spiro atoms. The Bertz CT molecular complexity index is 660. The highest BCUT2D eigenvalue weighted by Gasteiger charge is 2.04. The Balaban J connectivity index is 2.14. The van der Waals surface area contributed by atoms with Crippen LogP contribution in [0.1, 0.15) is 21.5 Å². The van der Waals surface area contributed by atoms with Crippen molar-refractivity contribution in [1.29, 1.82) is 0 Å². The van der Waals surface area contributed by atoms with Crippen molar-refractivity contribution < 1.29 is 14.6 Å². The highest BCUT2D eigenvalue weighted by atomic mass is 16.5. The molecule has 0 saturated heterocycles. The molecule has 0 amide bonds. The lowest BCUT2D eigenvalue weighted by Crippen LogP contribution is -2.06. The fraction of sp³-hybridized carbons (Fsp3) is 0.176. The lowest BCUT2D eigenvalue weighted by molar-refractivity contribution is 0.0848. The molecule has 2 aromatic carbocycles. The minimum Gasteiger partial charge on any atom is -0.507 e. The highest BCUT2D eigenvalue weighted by molar-refractivity contribution is 5.97. The molecule has 1 N–H and O–H groups in total. The van der Waals surface area contributed by atoms with Gasteiger partial charge in [0.1, 0.15) is 12.4 Å². The first kappa shape index (κ1) is 14.9. The van der Waals surface area contributed by atoms with Gasteiger partial charge in [-0.3, -0.25) is 9.79 Å². The van der Waals surface area contributed by atoms with E-state index in [2.05, 4.69) is 4.99 Å². The van der Waals surface area contributed by atoms with Crippen LogP contribution in [-0.4, -0.2) is 30.8 Å². The molecule has 0 bridgehead atoms. The van der Waals surface area contributed by atoms with Crippen LogP contribution in [-0.2, 0) is 4.74 Å². The van der Waals surface area contributed by atoms with Crippen LogP contribution in [0.25, 0.3) is 0 Å². The molecular weight excluding hydrogens is 266 g/mol. The SMILES string of the molecule is COCC(=O)c1ccc(/N=C/c2cc(C)ccc2O)cc1. The van der Waals surface area contributed by atoms with Crippen molar-refractivity contribution in [3.05, 3.63) is 59.2 Å². The third-order valence-corrected chi connectivity index (χ3v) is 3.00. The van der Waals surface area contributed by atoms with E-state index in [9.17, 15) is 9.90 Å². The van der Waals surface area contributed by atoms with Crippen molar-refractivity contribution in [2.75, 3.05) is 13.7 Å². The number of phenols is 1. The number of hydrogen-bond donors (Lipinski definition) is 1. The quantitative estimate of drug-likeness (QED) is 0.676. The van der Waals surface area contributed by atoms with Crippen molar-refractivity contribution in [3.8, 4) is 5.75 Å². The van der Waals surface area contributed by atoms with Gasteiger partial charge < -0.3 is 9.84 Å². The predicted molar refractivity (Wildman–Crippen MR) is 82.7 cm³/mol. The number of rotatable bonds is 5. The number of ether oxygens (including phenoxy) is 1.